The molecule has 0 spiro atoms. The van der Waals surface area contributed by atoms with Gasteiger partial charge in [-0.1, -0.05) is 35.0 Å². The summed E-state index contributed by atoms with van der Waals surface area (Å²) in [6.45, 7) is 2.12. The van der Waals surface area contributed by atoms with Gasteiger partial charge in [0, 0.05) is 11.6 Å². The summed E-state index contributed by atoms with van der Waals surface area (Å²) in [7, 11) is 0. The minimum Gasteiger partial charge on any atom is -0.493 e. The molecule has 0 aliphatic carbocycles. The second kappa shape index (κ2) is 7.52. The summed E-state index contributed by atoms with van der Waals surface area (Å²) in [6, 6.07) is 9.30. The van der Waals surface area contributed by atoms with Gasteiger partial charge >= 0.3 is 5.97 Å². The molecule has 0 atom stereocenters. The summed E-state index contributed by atoms with van der Waals surface area (Å²) in [5, 5.41) is 6.36. The van der Waals surface area contributed by atoms with Crippen LogP contribution in [-0.4, -0.2) is 36.9 Å². The number of amides is 1. The smallest absolute Gasteiger partial charge is 0.377 e. The number of nitrogens with zero attached hydrogens (tertiary/aromatic N) is 1. The molecule has 1 N–H and O–H groups in total. The number of benzene rings is 1. The molecule has 1 amide bonds. The monoisotopic (exact) mass is 344 g/mol. The molecule has 25 heavy (non-hydrogen) atoms. The first kappa shape index (κ1) is 16.6. The van der Waals surface area contributed by atoms with Crippen LogP contribution in [0.3, 0.4) is 0 Å². The summed E-state index contributed by atoms with van der Waals surface area (Å²) in [6.07, 6.45) is 1.16. The largest absolute Gasteiger partial charge is 0.493 e. The summed E-state index contributed by atoms with van der Waals surface area (Å²) in [5.74, 6) is -1.24. The van der Waals surface area contributed by atoms with E-state index in [4.69, 9.17) is 18.7 Å². The Morgan fingerprint density at radius 1 is 1.24 bits per heavy atom. The number of esters is 1. The van der Waals surface area contributed by atoms with Crippen LogP contribution >= 0.6 is 0 Å². The van der Waals surface area contributed by atoms with Gasteiger partial charge in [-0.3, -0.25) is 10.1 Å². The van der Waals surface area contributed by atoms with E-state index in [2.05, 4.69) is 10.5 Å². The minimum atomic E-state index is -0.771. The van der Waals surface area contributed by atoms with Crippen LogP contribution < -0.4 is 5.32 Å². The minimum absolute atomic E-state index is 0.0691. The van der Waals surface area contributed by atoms with Crippen molar-refractivity contribution in [3.8, 4) is 11.3 Å². The maximum atomic E-state index is 11.8. The Labute approximate surface area is 143 Å². The first-order valence-electron chi connectivity index (χ1n) is 7.57. The molecule has 0 saturated heterocycles. The van der Waals surface area contributed by atoms with Gasteiger partial charge in [0.25, 0.3) is 5.91 Å². The van der Waals surface area contributed by atoms with Crippen LogP contribution in [-0.2, 0) is 23.8 Å². The van der Waals surface area contributed by atoms with Gasteiger partial charge in [0.1, 0.15) is 25.2 Å². The van der Waals surface area contributed by atoms with E-state index < -0.39 is 18.5 Å². The molecule has 8 heteroatoms. The molecule has 1 aromatic heterocycles. The number of hydrogen-bond donors (Lipinski definition) is 1. The van der Waals surface area contributed by atoms with Crippen molar-refractivity contribution in [2.75, 3.05) is 25.1 Å². The molecule has 8 nitrogen and oxygen atoms in total. The highest BCUT2D eigenvalue weighted by atomic mass is 16.6. The molecule has 0 unspecified atom stereocenters. The molecule has 2 aromatic rings. The van der Waals surface area contributed by atoms with E-state index in [1.54, 1.807) is 6.07 Å². The van der Waals surface area contributed by atoms with Gasteiger partial charge in [0.2, 0.25) is 11.6 Å². The van der Waals surface area contributed by atoms with Gasteiger partial charge in [0.15, 0.2) is 6.61 Å². The second-order valence-corrected chi connectivity index (χ2v) is 5.27. The van der Waals surface area contributed by atoms with Crippen LogP contribution in [0, 0.1) is 6.92 Å². The summed E-state index contributed by atoms with van der Waals surface area (Å²) < 4.78 is 19.9. The van der Waals surface area contributed by atoms with Gasteiger partial charge in [-0.15, -0.1) is 0 Å². The first-order chi connectivity index (χ1) is 12.1. The molecule has 1 aliphatic rings. The van der Waals surface area contributed by atoms with E-state index in [0.717, 1.165) is 17.4 Å². The zero-order chi connectivity index (χ0) is 17.6. The Kier molecular flexibility index (Phi) is 4.98. The molecule has 2 heterocycles. The lowest BCUT2D eigenvalue weighted by atomic mass is 10.1. The normalized spacial score (nSPS) is 13.2. The Morgan fingerprint density at radius 2 is 2.04 bits per heavy atom. The topological polar surface area (TPSA) is 99.9 Å². The van der Waals surface area contributed by atoms with E-state index in [-0.39, 0.29) is 18.3 Å². The molecule has 130 valence electrons. The molecule has 0 fully saturated rings. The fraction of sp³-hybridized carbons (Fsp3) is 0.235. The highest BCUT2D eigenvalue weighted by molar-refractivity contribution is 5.94. The van der Waals surface area contributed by atoms with E-state index >= 15 is 0 Å². The second-order valence-electron chi connectivity index (χ2n) is 5.27. The molecular formula is C17H16N2O6. The molecule has 0 saturated carbocycles. The van der Waals surface area contributed by atoms with Crippen molar-refractivity contribution in [3.05, 3.63) is 47.9 Å². The van der Waals surface area contributed by atoms with Gasteiger partial charge in [-0.05, 0) is 6.92 Å². The zero-order valence-electron chi connectivity index (χ0n) is 13.5. The van der Waals surface area contributed by atoms with Crippen LogP contribution in [0.15, 0.2) is 46.9 Å². The van der Waals surface area contributed by atoms with Crippen LogP contribution in [0.2, 0.25) is 0 Å². The van der Waals surface area contributed by atoms with Crippen LogP contribution in [0.5, 0.6) is 0 Å². The Bertz CT molecular complexity index is 794. The Morgan fingerprint density at radius 3 is 2.76 bits per heavy atom. The summed E-state index contributed by atoms with van der Waals surface area (Å²) in [5.41, 5.74) is 2.58. The Balaban J connectivity index is 1.52. The predicted octanol–water partition coefficient (Wildman–Crippen LogP) is 2.02. The number of anilines is 1. The standard InChI is InChI=1S/C17H16N2O6/c1-11-2-4-12(5-3-11)13-8-16(25-19-13)18-15(20)10-24-17(21)14-9-22-6-7-23-14/h2-5,8-9H,6-7,10H2,1H3,(H,18,20). The van der Waals surface area contributed by atoms with Crippen molar-refractivity contribution >= 4 is 17.8 Å². The number of nitrogens with one attached hydrogen (secondary N) is 1. The van der Waals surface area contributed by atoms with Gasteiger partial charge in [-0.2, -0.15) is 0 Å². The van der Waals surface area contributed by atoms with Crippen LogP contribution in [0.1, 0.15) is 5.56 Å². The lowest BCUT2D eigenvalue weighted by Crippen LogP contribution is -2.23. The summed E-state index contributed by atoms with van der Waals surface area (Å²) >= 11 is 0. The van der Waals surface area contributed by atoms with Crippen molar-refractivity contribution in [1.82, 2.24) is 5.16 Å². The lowest BCUT2D eigenvalue weighted by molar-refractivity contribution is -0.148. The highest BCUT2D eigenvalue weighted by Gasteiger charge is 2.18. The van der Waals surface area contributed by atoms with E-state index in [0.29, 0.717) is 12.3 Å². The van der Waals surface area contributed by atoms with Gasteiger partial charge < -0.3 is 18.7 Å². The van der Waals surface area contributed by atoms with Crippen molar-refractivity contribution < 1.29 is 28.3 Å². The fourth-order valence-electron chi connectivity index (χ4n) is 2.05. The maximum Gasteiger partial charge on any atom is 0.377 e. The maximum absolute atomic E-state index is 11.8. The third-order valence-electron chi connectivity index (χ3n) is 3.30. The zero-order valence-corrected chi connectivity index (χ0v) is 13.5. The number of hydrogen-bond acceptors (Lipinski definition) is 7. The number of aromatic nitrogens is 1. The molecule has 0 radical (unpaired) electrons. The molecule has 3 rings (SSSR count). The number of rotatable bonds is 5. The third kappa shape index (κ3) is 4.37. The Hall–Kier alpha value is -3.29. The van der Waals surface area contributed by atoms with Gasteiger partial charge in [-0.25, -0.2) is 4.79 Å². The van der Waals surface area contributed by atoms with E-state index in [1.165, 1.54) is 0 Å². The van der Waals surface area contributed by atoms with E-state index in [9.17, 15) is 9.59 Å². The van der Waals surface area contributed by atoms with Crippen molar-refractivity contribution in [1.29, 1.82) is 0 Å². The highest BCUT2D eigenvalue weighted by Crippen LogP contribution is 2.22. The number of aryl methyl sites for hydroxylation is 1. The fourth-order valence-corrected chi connectivity index (χ4v) is 2.05. The average molecular weight is 344 g/mol. The van der Waals surface area contributed by atoms with Gasteiger partial charge in [0.05, 0.1) is 0 Å². The molecular weight excluding hydrogens is 328 g/mol. The van der Waals surface area contributed by atoms with Crippen LogP contribution in [0.4, 0.5) is 5.88 Å². The quantitative estimate of drug-likeness (QED) is 0.828. The first-order valence-corrected chi connectivity index (χ1v) is 7.57. The van der Waals surface area contributed by atoms with Crippen molar-refractivity contribution in [2.24, 2.45) is 0 Å². The van der Waals surface area contributed by atoms with E-state index in [1.807, 2.05) is 31.2 Å². The van der Waals surface area contributed by atoms with Crippen molar-refractivity contribution in [3.63, 3.8) is 0 Å². The predicted molar refractivity (Wildman–Crippen MR) is 86.3 cm³/mol. The lowest BCUT2D eigenvalue weighted by Gasteiger charge is -2.14. The third-order valence-corrected chi connectivity index (χ3v) is 3.30. The summed E-state index contributed by atoms with van der Waals surface area (Å²) in [4.78, 5) is 23.5. The van der Waals surface area contributed by atoms with Crippen LogP contribution in [0.25, 0.3) is 11.3 Å². The molecule has 1 aliphatic heterocycles. The average Bonchev–Trinajstić information content (AvgIpc) is 3.09. The molecule has 1 aromatic carbocycles. The molecule has 0 bridgehead atoms. The number of carbonyl (C=O) groups excluding carboxylic acids is 2. The van der Waals surface area contributed by atoms with Crippen molar-refractivity contribution in [2.45, 2.75) is 6.92 Å². The SMILES string of the molecule is Cc1ccc(-c2cc(NC(=O)COC(=O)C3=COCCO3)on2)cc1. The number of carbonyl (C=O) groups is 2. The number of ether oxygens (including phenoxy) is 3.